The van der Waals surface area contributed by atoms with Crippen LogP contribution in [0, 0.1) is 5.92 Å². The van der Waals surface area contributed by atoms with Gasteiger partial charge in [-0.25, -0.2) is 16.8 Å². The molecule has 9 heteroatoms. The summed E-state index contributed by atoms with van der Waals surface area (Å²) < 4.78 is 46.9. The van der Waals surface area contributed by atoms with Gasteiger partial charge in [0.2, 0.25) is 5.91 Å². The number of sulfonamides is 1. The Balaban J connectivity index is 2.00. The van der Waals surface area contributed by atoms with E-state index in [2.05, 4.69) is 5.43 Å². The molecule has 0 unspecified atom stereocenters. The Morgan fingerprint density at radius 2 is 1.83 bits per heavy atom. The molecule has 0 radical (unpaired) electrons. The van der Waals surface area contributed by atoms with Gasteiger partial charge < -0.3 is 0 Å². The summed E-state index contributed by atoms with van der Waals surface area (Å²) in [4.78, 5) is 13.9. The van der Waals surface area contributed by atoms with E-state index in [1.54, 1.807) is 12.1 Å². The summed E-state index contributed by atoms with van der Waals surface area (Å²) in [5.74, 6) is -1.36. The Morgan fingerprint density at radius 3 is 2.30 bits per heavy atom. The average Bonchev–Trinajstić information content (AvgIpc) is 2.85. The molecule has 2 rings (SSSR count). The normalized spacial score (nSPS) is 20.6. The number of hydrogen-bond acceptors (Lipinski definition) is 5. The minimum atomic E-state index is -3.89. The Morgan fingerprint density at radius 1 is 1.22 bits per heavy atom. The van der Waals surface area contributed by atoms with Crippen molar-refractivity contribution in [1.29, 1.82) is 0 Å². The molecule has 0 spiro atoms. The summed E-state index contributed by atoms with van der Waals surface area (Å²) >= 11 is 0. The zero-order valence-electron chi connectivity index (χ0n) is 12.9. The topological polar surface area (TPSA) is 109 Å². The number of rotatable bonds is 5. The van der Waals surface area contributed by atoms with Crippen LogP contribution in [0.5, 0.6) is 0 Å². The summed E-state index contributed by atoms with van der Waals surface area (Å²) in [5, 5.41) is 0. The van der Waals surface area contributed by atoms with E-state index in [0.29, 0.717) is 0 Å². The summed E-state index contributed by atoms with van der Waals surface area (Å²) in [6, 6.07) is 6.35. The highest BCUT2D eigenvalue weighted by Gasteiger charge is 2.33. The molecule has 0 aromatic heterocycles. The molecule has 1 atom stereocenters. The Hall–Kier alpha value is -1.45. The van der Waals surface area contributed by atoms with Crippen LogP contribution in [0.2, 0.25) is 0 Å². The zero-order chi connectivity index (χ0) is 17.3. The predicted molar refractivity (Wildman–Crippen MR) is 85.8 cm³/mol. The molecule has 7 nitrogen and oxygen atoms in total. The van der Waals surface area contributed by atoms with Gasteiger partial charge in [-0.3, -0.25) is 10.2 Å². The van der Waals surface area contributed by atoms with E-state index in [-0.39, 0.29) is 28.7 Å². The van der Waals surface area contributed by atoms with Crippen LogP contribution in [0.25, 0.3) is 0 Å². The van der Waals surface area contributed by atoms with Crippen LogP contribution in [0.15, 0.2) is 29.2 Å². The summed E-state index contributed by atoms with van der Waals surface area (Å²) in [6.07, 6.45) is 0.207. The lowest BCUT2D eigenvalue weighted by atomic mass is 10.0. The molecule has 1 saturated heterocycles. The third-order valence-electron chi connectivity index (χ3n) is 3.77. The highest BCUT2D eigenvalue weighted by atomic mass is 32.2. The minimum Gasteiger partial charge on any atom is -0.277 e. The van der Waals surface area contributed by atoms with Crippen molar-refractivity contribution < 1.29 is 21.6 Å². The second kappa shape index (κ2) is 6.58. The lowest BCUT2D eigenvalue weighted by Crippen LogP contribution is -2.44. The minimum absolute atomic E-state index is 0.0289. The molecule has 1 amide bonds. The fourth-order valence-electron chi connectivity index (χ4n) is 2.31. The van der Waals surface area contributed by atoms with Crippen molar-refractivity contribution in [1.82, 2.24) is 10.3 Å². The average molecular weight is 360 g/mol. The highest BCUT2D eigenvalue weighted by Crippen LogP contribution is 2.19. The van der Waals surface area contributed by atoms with E-state index in [1.807, 2.05) is 18.7 Å². The molecular formula is C14H20N2O5S2. The van der Waals surface area contributed by atoms with Crippen LogP contribution >= 0.6 is 0 Å². The molecule has 0 bridgehead atoms. The third kappa shape index (κ3) is 4.52. The van der Waals surface area contributed by atoms with E-state index >= 15 is 0 Å². The van der Waals surface area contributed by atoms with E-state index in [1.165, 1.54) is 12.1 Å². The number of hydrogen-bond donors (Lipinski definition) is 2. The molecular weight excluding hydrogens is 340 g/mol. The van der Waals surface area contributed by atoms with Crippen molar-refractivity contribution in [2.24, 2.45) is 5.92 Å². The van der Waals surface area contributed by atoms with Crippen LogP contribution in [-0.2, 0) is 24.7 Å². The predicted octanol–water partition coefficient (Wildman–Crippen LogP) is 0.554. The first kappa shape index (κ1) is 17.9. The van der Waals surface area contributed by atoms with Gasteiger partial charge in [-0.2, -0.15) is 0 Å². The first-order chi connectivity index (χ1) is 10.6. The van der Waals surface area contributed by atoms with Gasteiger partial charge in [0.25, 0.3) is 10.0 Å². The molecule has 0 aliphatic carbocycles. The first-order valence-electron chi connectivity index (χ1n) is 7.23. The molecule has 1 aromatic carbocycles. The number of sulfone groups is 1. The van der Waals surface area contributed by atoms with Gasteiger partial charge in [-0.1, -0.05) is 26.0 Å². The van der Waals surface area contributed by atoms with Crippen molar-refractivity contribution in [2.75, 3.05) is 11.5 Å². The van der Waals surface area contributed by atoms with Crippen molar-refractivity contribution in [3.63, 3.8) is 0 Å². The number of benzene rings is 1. The number of carbonyl (C=O) groups excluding carboxylic acids is 1. The van der Waals surface area contributed by atoms with E-state index in [4.69, 9.17) is 0 Å². The molecule has 23 heavy (non-hydrogen) atoms. The Kier molecular flexibility index (Phi) is 5.12. The Bertz CT molecular complexity index is 783. The molecule has 1 fully saturated rings. The van der Waals surface area contributed by atoms with Crippen LogP contribution < -0.4 is 10.3 Å². The van der Waals surface area contributed by atoms with Gasteiger partial charge in [-0.15, -0.1) is 4.83 Å². The van der Waals surface area contributed by atoms with E-state index in [0.717, 1.165) is 5.56 Å². The monoisotopic (exact) mass is 360 g/mol. The molecule has 128 valence electrons. The van der Waals surface area contributed by atoms with Crippen LogP contribution in [0.3, 0.4) is 0 Å². The number of nitrogens with one attached hydrogen (secondary N) is 2. The molecule has 1 aliphatic rings. The van der Waals surface area contributed by atoms with Crippen LogP contribution in [0.1, 0.15) is 31.7 Å². The SMILES string of the molecule is CC(C)c1ccc(S(=O)(=O)NNC(=O)[C@@H]2CCS(=O)(=O)C2)cc1. The van der Waals surface area contributed by atoms with Gasteiger partial charge in [-0.05, 0) is 30.0 Å². The molecule has 1 aliphatic heterocycles. The smallest absolute Gasteiger partial charge is 0.257 e. The lowest BCUT2D eigenvalue weighted by Gasteiger charge is -2.12. The fourth-order valence-corrected chi connectivity index (χ4v) is 4.90. The van der Waals surface area contributed by atoms with Gasteiger partial charge in [0, 0.05) is 0 Å². The van der Waals surface area contributed by atoms with E-state index in [9.17, 15) is 21.6 Å². The number of amides is 1. The fraction of sp³-hybridized carbons (Fsp3) is 0.500. The zero-order valence-corrected chi connectivity index (χ0v) is 14.6. The van der Waals surface area contributed by atoms with Crippen molar-refractivity contribution in [3.05, 3.63) is 29.8 Å². The van der Waals surface area contributed by atoms with Gasteiger partial charge >= 0.3 is 0 Å². The van der Waals surface area contributed by atoms with Gasteiger partial charge in [0.1, 0.15) is 0 Å². The second-order valence-electron chi connectivity index (χ2n) is 5.92. The largest absolute Gasteiger partial charge is 0.277 e. The standard InChI is InChI=1S/C14H20N2O5S2/c1-10(2)11-3-5-13(6-4-11)23(20,21)16-15-14(17)12-7-8-22(18,19)9-12/h3-6,10,12,16H,7-9H2,1-2H3,(H,15,17)/t12-/m1/s1. The van der Waals surface area contributed by atoms with Crippen LogP contribution in [-0.4, -0.2) is 34.2 Å². The van der Waals surface area contributed by atoms with Crippen molar-refractivity contribution in [2.45, 2.75) is 31.1 Å². The molecule has 1 aromatic rings. The second-order valence-corrected chi connectivity index (χ2v) is 9.83. The summed E-state index contributed by atoms with van der Waals surface area (Å²) in [5.41, 5.74) is 3.10. The maximum atomic E-state index is 12.1. The van der Waals surface area contributed by atoms with Crippen molar-refractivity contribution in [3.8, 4) is 0 Å². The molecule has 1 heterocycles. The third-order valence-corrected chi connectivity index (χ3v) is 6.80. The van der Waals surface area contributed by atoms with E-state index < -0.39 is 31.7 Å². The van der Waals surface area contributed by atoms with Gasteiger partial charge in [0.15, 0.2) is 9.84 Å². The first-order valence-corrected chi connectivity index (χ1v) is 10.5. The lowest BCUT2D eigenvalue weighted by molar-refractivity contribution is -0.124. The number of hydrazine groups is 1. The van der Waals surface area contributed by atoms with Gasteiger partial charge in [0.05, 0.1) is 22.3 Å². The maximum Gasteiger partial charge on any atom is 0.257 e. The maximum absolute atomic E-state index is 12.1. The molecule has 2 N–H and O–H groups in total. The highest BCUT2D eigenvalue weighted by molar-refractivity contribution is 7.91. The quantitative estimate of drug-likeness (QED) is 0.746. The summed E-state index contributed by atoms with van der Waals surface area (Å²) in [7, 11) is -7.08. The summed E-state index contributed by atoms with van der Waals surface area (Å²) in [6.45, 7) is 4.00. The number of carbonyl (C=O) groups is 1. The van der Waals surface area contributed by atoms with Crippen LogP contribution in [0.4, 0.5) is 0 Å². The van der Waals surface area contributed by atoms with Crippen molar-refractivity contribution >= 4 is 25.8 Å². The molecule has 0 saturated carbocycles. The Labute approximate surface area is 136 Å².